The van der Waals surface area contributed by atoms with Crippen LogP contribution >= 0.6 is 15.9 Å². The maximum atomic E-state index is 9.67. The molecule has 7 heteroatoms. The Labute approximate surface area is 130 Å². The summed E-state index contributed by atoms with van der Waals surface area (Å²) < 4.78 is 0.883. The van der Waals surface area contributed by atoms with Crippen LogP contribution in [0.2, 0.25) is 0 Å². The lowest BCUT2D eigenvalue weighted by molar-refractivity contribution is 0.474. The predicted molar refractivity (Wildman–Crippen MR) is 84.3 cm³/mol. The first-order chi connectivity index (χ1) is 10.1. The summed E-state index contributed by atoms with van der Waals surface area (Å²) in [7, 11) is 0. The van der Waals surface area contributed by atoms with Crippen LogP contribution in [0.3, 0.4) is 0 Å². The molecule has 6 nitrogen and oxygen atoms in total. The van der Waals surface area contributed by atoms with Crippen LogP contribution in [-0.4, -0.2) is 28.1 Å². The number of H-pyrrole nitrogens is 1. The minimum absolute atomic E-state index is 0.190. The number of nitrogen functional groups attached to an aromatic ring is 1. The molecule has 0 aliphatic heterocycles. The van der Waals surface area contributed by atoms with Gasteiger partial charge < -0.3 is 10.8 Å². The fourth-order valence-electron chi connectivity index (χ4n) is 1.84. The normalized spacial score (nSPS) is 10.9. The van der Waals surface area contributed by atoms with Crippen molar-refractivity contribution in [2.24, 2.45) is 4.99 Å². The number of halogens is 1. The number of benzene rings is 1. The number of aryl methyl sites for hydroxylation is 1. The zero-order valence-corrected chi connectivity index (χ0v) is 12.8. The van der Waals surface area contributed by atoms with Crippen LogP contribution in [0.25, 0.3) is 0 Å². The van der Waals surface area contributed by atoms with Gasteiger partial charge in [0.05, 0.1) is 5.69 Å². The minimum atomic E-state index is 0.190. The number of anilines is 1. The van der Waals surface area contributed by atoms with E-state index in [2.05, 4.69) is 31.1 Å². The van der Waals surface area contributed by atoms with Gasteiger partial charge in [-0.2, -0.15) is 10.4 Å². The average Bonchev–Trinajstić information content (AvgIpc) is 2.82. The highest BCUT2D eigenvalue weighted by molar-refractivity contribution is 9.10. The molecule has 21 heavy (non-hydrogen) atoms. The van der Waals surface area contributed by atoms with Gasteiger partial charge in [-0.1, -0.05) is 15.9 Å². The Balaban J connectivity index is 1.88. The molecule has 108 valence electrons. The first-order valence-corrected chi connectivity index (χ1v) is 7.12. The van der Waals surface area contributed by atoms with Crippen molar-refractivity contribution in [1.82, 2.24) is 10.2 Å². The molecule has 1 heterocycles. The number of rotatable bonds is 5. The molecule has 0 aliphatic rings. The smallest absolute Gasteiger partial charge is 0.163 e. The van der Waals surface area contributed by atoms with Crippen LogP contribution < -0.4 is 5.73 Å². The molecule has 1 aromatic carbocycles. The van der Waals surface area contributed by atoms with Gasteiger partial charge in [0.25, 0.3) is 0 Å². The summed E-state index contributed by atoms with van der Waals surface area (Å²) >= 11 is 3.34. The molecule has 2 aromatic rings. The van der Waals surface area contributed by atoms with E-state index in [0.29, 0.717) is 24.1 Å². The van der Waals surface area contributed by atoms with Crippen LogP contribution in [0.5, 0.6) is 5.75 Å². The summed E-state index contributed by atoms with van der Waals surface area (Å²) in [6, 6.07) is 7.19. The SMILES string of the molecule is N#Cc1c(N)n[nH]c1CCCN=Cc1cc(Br)ccc1O. The molecule has 0 radical (unpaired) electrons. The van der Waals surface area contributed by atoms with Crippen LogP contribution in [-0.2, 0) is 6.42 Å². The fraction of sp³-hybridized carbons (Fsp3) is 0.214. The van der Waals surface area contributed by atoms with Crippen molar-refractivity contribution in [2.45, 2.75) is 12.8 Å². The quantitative estimate of drug-likeness (QED) is 0.569. The van der Waals surface area contributed by atoms with Crippen molar-refractivity contribution in [2.75, 3.05) is 12.3 Å². The van der Waals surface area contributed by atoms with Crippen molar-refractivity contribution >= 4 is 28.0 Å². The molecule has 0 unspecified atom stereocenters. The number of nitrogens with one attached hydrogen (secondary N) is 1. The minimum Gasteiger partial charge on any atom is -0.507 e. The van der Waals surface area contributed by atoms with E-state index in [9.17, 15) is 5.11 Å². The van der Waals surface area contributed by atoms with E-state index in [4.69, 9.17) is 11.0 Å². The second-order valence-corrected chi connectivity index (χ2v) is 5.33. The molecule has 4 N–H and O–H groups in total. The molecule has 0 aliphatic carbocycles. The molecule has 2 rings (SSSR count). The highest BCUT2D eigenvalue weighted by atomic mass is 79.9. The van der Waals surface area contributed by atoms with Gasteiger partial charge in [-0.05, 0) is 31.0 Å². The number of nitrogens with two attached hydrogens (primary N) is 1. The van der Waals surface area contributed by atoms with E-state index in [1.807, 2.05) is 6.07 Å². The van der Waals surface area contributed by atoms with Crippen molar-refractivity contribution in [1.29, 1.82) is 5.26 Å². The number of hydrogen-bond donors (Lipinski definition) is 3. The van der Waals surface area contributed by atoms with Gasteiger partial charge in [-0.15, -0.1) is 0 Å². The predicted octanol–water partition coefficient (Wildman–Crippen LogP) is 2.38. The van der Waals surface area contributed by atoms with Crippen LogP contribution in [0, 0.1) is 11.3 Å². The lowest BCUT2D eigenvalue weighted by Gasteiger charge is -1.99. The van der Waals surface area contributed by atoms with Gasteiger partial charge in [0.2, 0.25) is 0 Å². The molecule has 0 amide bonds. The number of aromatic nitrogens is 2. The van der Waals surface area contributed by atoms with E-state index in [1.54, 1.807) is 24.4 Å². The van der Waals surface area contributed by atoms with E-state index in [1.165, 1.54) is 0 Å². The maximum absolute atomic E-state index is 9.67. The van der Waals surface area contributed by atoms with E-state index in [-0.39, 0.29) is 11.6 Å². The number of hydrogen-bond acceptors (Lipinski definition) is 5. The number of phenolic OH excluding ortho intramolecular Hbond substituents is 1. The first kappa shape index (κ1) is 15.1. The Morgan fingerprint density at radius 3 is 3.10 bits per heavy atom. The van der Waals surface area contributed by atoms with Gasteiger partial charge >= 0.3 is 0 Å². The zero-order valence-electron chi connectivity index (χ0n) is 11.2. The largest absolute Gasteiger partial charge is 0.507 e. The van der Waals surface area contributed by atoms with Gasteiger partial charge in [0, 0.05) is 22.8 Å². The topological polar surface area (TPSA) is 111 Å². The fourth-order valence-corrected chi connectivity index (χ4v) is 2.22. The standard InChI is InChI=1S/C14H14BrN5O/c15-10-3-4-13(21)9(6-10)8-18-5-1-2-12-11(7-16)14(17)20-19-12/h3-4,6,8,21H,1-2,5H2,(H3,17,19,20). The summed E-state index contributed by atoms with van der Waals surface area (Å²) in [6.07, 6.45) is 3.03. The molecule has 0 spiro atoms. The Hall–Kier alpha value is -2.33. The molecular formula is C14H14BrN5O. The molecule has 0 atom stereocenters. The third-order valence-corrected chi connectivity index (χ3v) is 3.41. The van der Waals surface area contributed by atoms with Crippen molar-refractivity contribution in [3.63, 3.8) is 0 Å². The molecule has 0 saturated heterocycles. The molecule has 0 saturated carbocycles. The van der Waals surface area contributed by atoms with E-state index < -0.39 is 0 Å². The number of aliphatic imine (C=N–C) groups is 1. The zero-order chi connectivity index (χ0) is 15.2. The van der Waals surface area contributed by atoms with Gasteiger partial charge in [-0.3, -0.25) is 10.1 Å². The molecule has 0 bridgehead atoms. The van der Waals surface area contributed by atoms with E-state index >= 15 is 0 Å². The number of nitrogens with zero attached hydrogens (tertiary/aromatic N) is 3. The lowest BCUT2D eigenvalue weighted by Crippen LogP contribution is -1.94. The van der Waals surface area contributed by atoms with Gasteiger partial charge in [0.15, 0.2) is 5.82 Å². The van der Waals surface area contributed by atoms with Crippen LogP contribution in [0.4, 0.5) is 5.82 Å². The Morgan fingerprint density at radius 2 is 2.33 bits per heavy atom. The van der Waals surface area contributed by atoms with Crippen molar-refractivity contribution in [3.05, 3.63) is 39.5 Å². The summed E-state index contributed by atoms with van der Waals surface area (Å²) in [5.74, 6) is 0.421. The van der Waals surface area contributed by atoms with Crippen LogP contribution in [0.1, 0.15) is 23.2 Å². The third kappa shape index (κ3) is 3.83. The molecular weight excluding hydrogens is 334 g/mol. The summed E-state index contributed by atoms with van der Waals surface area (Å²) in [5, 5.41) is 25.2. The highest BCUT2D eigenvalue weighted by Gasteiger charge is 2.08. The van der Waals surface area contributed by atoms with Gasteiger partial charge in [0.1, 0.15) is 17.4 Å². The highest BCUT2D eigenvalue weighted by Crippen LogP contribution is 2.20. The summed E-state index contributed by atoms with van der Waals surface area (Å²) in [5.41, 5.74) is 7.36. The van der Waals surface area contributed by atoms with Gasteiger partial charge in [-0.25, -0.2) is 0 Å². The average molecular weight is 348 g/mol. The Morgan fingerprint density at radius 1 is 1.52 bits per heavy atom. The third-order valence-electron chi connectivity index (χ3n) is 2.91. The monoisotopic (exact) mass is 347 g/mol. The maximum Gasteiger partial charge on any atom is 0.163 e. The number of aromatic amines is 1. The number of nitriles is 1. The second kappa shape index (κ2) is 6.90. The number of phenols is 1. The number of aromatic hydroxyl groups is 1. The first-order valence-electron chi connectivity index (χ1n) is 6.33. The van der Waals surface area contributed by atoms with E-state index in [0.717, 1.165) is 16.6 Å². The van der Waals surface area contributed by atoms with Crippen molar-refractivity contribution in [3.8, 4) is 11.8 Å². The van der Waals surface area contributed by atoms with Crippen molar-refractivity contribution < 1.29 is 5.11 Å². The summed E-state index contributed by atoms with van der Waals surface area (Å²) in [6.45, 7) is 0.579. The summed E-state index contributed by atoms with van der Waals surface area (Å²) in [4.78, 5) is 4.27. The Kier molecular flexibility index (Phi) is 4.95. The molecule has 1 aromatic heterocycles. The van der Waals surface area contributed by atoms with Crippen LogP contribution in [0.15, 0.2) is 27.7 Å². The second-order valence-electron chi connectivity index (χ2n) is 4.42. The Bertz CT molecular complexity index is 702. The lowest BCUT2D eigenvalue weighted by atomic mass is 10.1. The molecule has 0 fully saturated rings.